The van der Waals surface area contributed by atoms with Crippen LogP contribution in [-0.2, 0) is 15.0 Å². The molecular formula is C17H16N4O2. The van der Waals surface area contributed by atoms with Crippen LogP contribution < -0.4 is 16.0 Å². The van der Waals surface area contributed by atoms with E-state index in [0.29, 0.717) is 5.69 Å². The second kappa shape index (κ2) is 4.55. The Balaban J connectivity index is 1.74. The van der Waals surface area contributed by atoms with Gasteiger partial charge in [-0.3, -0.25) is 14.6 Å². The van der Waals surface area contributed by atoms with E-state index < -0.39 is 5.41 Å². The van der Waals surface area contributed by atoms with Gasteiger partial charge in [-0.15, -0.1) is 0 Å². The van der Waals surface area contributed by atoms with Crippen LogP contribution in [0.25, 0.3) is 0 Å². The molecule has 116 valence electrons. The molecule has 0 saturated heterocycles. The van der Waals surface area contributed by atoms with E-state index in [2.05, 4.69) is 20.9 Å². The van der Waals surface area contributed by atoms with Crippen molar-refractivity contribution in [2.45, 2.75) is 25.4 Å². The number of nitrogens with zero attached hydrogens (tertiary/aromatic N) is 1. The van der Waals surface area contributed by atoms with E-state index in [1.807, 2.05) is 24.3 Å². The molecular weight excluding hydrogens is 292 g/mol. The minimum atomic E-state index is -1.12. The van der Waals surface area contributed by atoms with Gasteiger partial charge in [0, 0.05) is 23.6 Å². The van der Waals surface area contributed by atoms with Crippen molar-refractivity contribution in [2.24, 2.45) is 0 Å². The van der Waals surface area contributed by atoms with Crippen LogP contribution in [0, 0.1) is 0 Å². The fourth-order valence-corrected chi connectivity index (χ4v) is 3.14. The number of rotatable bonds is 2. The Morgan fingerprint density at radius 1 is 1.13 bits per heavy atom. The summed E-state index contributed by atoms with van der Waals surface area (Å²) in [5.41, 5.74) is 3.14. The molecule has 0 bridgehead atoms. The predicted octanol–water partition coefficient (Wildman–Crippen LogP) is 2.42. The largest absolute Gasteiger partial charge is 0.360 e. The normalized spacial score (nSPS) is 24.3. The SMILES string of the molecule is CC(=O)C1(C)C(=O)Nc2cc3c(cc21)NC(c1ccncc1)N3. The highest BCUT2D eigenvalue weighted by atomic mass is 16.2. The molecule has 1 amide bonds. The van der Waals surface area contributed by atoms with Crippen LogP contribution in [0.2, 0.25) is 0 Å². The molecule has 6 nitrogen and oxygen atoms in total. The maximum atomic E-state index is 12.2. The number of benzene rings is 1. The molecule has 6 heteroatoms. The van der Waals surface area contributed by atoms with Crippen LogP contribution in [0.15, 0.2) is 36.7 Å². The summed E-state index contributed by atoms with van der Waals surface area (Å²) in [5.74, 6) is -0.431. The van der Waals surface area contributed by atoms with Crippen LogP contribution in [-0.4, -0.2) is 16.7 Å². The number of nitrogens with one attached hydrogen (secondary N) is 3. The number of pyridine rings is 1. The van der Waals surface area contributed by atoms with Crippen LogP contribution >= 0.6 is 0 Å². The summed E-state index contributed by atoms with van der Waals surface area (Å²) in [4.78, 5) is 28.3. The van der Waals surface area contributed by atoms with E-state index in [0.717, 1.165) is 22.5 Å². The lowest BCUT2D eigenvalue weighted by atomic mass is 9.80. The van der Waals surface area contributed by atoms with Gasteiger partial charge in [0.05, 0.1) is 11.4 Å². The lowest BCUT2D eigenvalue weighted by molar-refractivity contribution is -0.130. The molecule has 0 aliphatic carbocycles. The third kappa shape index (κ3) is 1.84. The van der Waals surface area contributed by atoms with E-state index in [1.165, 1.54) is 6.92 Å². The number of ketones is 1. The van der Waals surface area contributed by atoms with Crippen LogP contribution in [0.1, 0.15) is 31.1 Å². The Hall–Kier alpha value is -2.89. The highest BCUT2D eigenvalue weighted by Crippen LogP contribution is 2.46. The number of Topliss-reactive ketones (excluding diaryl/α,β-unsaturated/α-hetero) is 1. The van der Waals surface area contributed by atoms with Crippen molar-refractivity contribution in [2.75, 3.05) is 16.0 Å². The maximum absolute atomic E-state index is 12.2. The predicted molar refractivity (Wildman–Crippen MR) is 87.3 cm³/mol. The zero-order valence-corrected chi connectivity index (χ0v) is 12.8. The first kappa shape index (κ1) is 13.8. The number of fused-ring (bicyclic) bond motifs is 2. The number of anilines is 3. The monoisotopic (exact) mass is 308 g/mol. The Labute approximate surface area is 133 Å². The molecule has 2 aliphatic rings. The average molecular weight is 308 g/mol. The first-order valence-corrected chi connectivity index (χ1v) is 7.44. The molecule has 0 saturated carbocycles. The van der Waals surface area contributed by atoms with Gasteiger partial charge in [0.25, 0.3) is 0 Å². The summed E-state index contributed by atoms with van der Waals surface area (Å²) in [5, 5.41) is 9.58. The van der Waals surface area contributed by atoms with E-state index in [4.69, 9.17) is 0 Å². The van der Waals surface area contributed by atoms with Crippen molar-refractivity contribution in [3.63, 3.8) is 0 Å². The molecule has 0 spiro atoms. The van der Waals surface area contributed by atoms with E-state index in [1.54, 1.807) is 19.3 Å². The van der Waals surface area contributed by atoms with Gasteiger partial charge in [0.15, 0.2) is 0 Å². The van der Waals surface area contributed by atoms with Crippen LogP contribution in [0.3, 0.4) is 0 Å². The topological polar surface area (TPSA) is 83.1 Å². The van der Waals surface area contributed by atoms with Crippen LogP contribution in [0.5, 0.6) is 0 Å². The molecule has 2 aromatic rings. The summed E-state index contributed by atoms with van der Waals surface area (Å²) < 4.78 is 0. The second-order valence-electron chi connectivity index (χ2n) is 6.08. The molecule has 0 fully saturated rings. The molecule has 2 aliphatic heterocycles. The highest BCUT2D eigenvalue weighted by molar-refractivity contribution is 6.21. The smallest absolute Gasteiger partial charge is 0.242 e. The van der Waals surface area contributed by atoms with Crippen molar-refractivity contribution in [3.8, 4) is 0 Å². The number of amides is 1. The zero-order chi connectivity index (χ0) is 16.2. The first-order valence-electron chi connectivity index (χ1n) is 7.44. The van der Waals surface area contributed by atoms with Gasteiger partial charge >= 0.3 is 0 Å². The summed E-state index contributed by atoms with van der Waals surface area (Å²) in [7, 11) is 0. The van der Waals surface area contributed by atoms with E-state index >= 15 is 0 Å². The molecule has 0 radical (unpaired) electrons. The minimum Gasteiger partial charge on any atom is -0.360 e. The van der Waals surface area contributed by atoms with Gasteiger partial charge in [-0.2, -0.15) is 0 Å². The van der Waals surface area contributed by atoms with E-state index in [9.17, 15) is 9.59 Å². The fraction of sp³-hybridized carbons (Fsp3) is 0.235. The summed E-state index contributed by atoms with van der Waals surface area (Å²) in [6, 6.07) is 7.64. The number of aromatic nitrogens is 1. The highest BCUT2D eigenvalue weighted by Gasteiger charge is 2.47. The lowest BCUT2D eigenvalue weighted by Gasteiger charge is -2.18. The first-order chi connectivity index (χ1) is 11.0. The summed E-state index contributed by atoms with van der Waals surface area (Å²) >= 11 is 0. The van der Waals surface area contributed by atoms with Crippen molar-refractivity contribution in [1.29, 1.82) is 0 Å². The Kier molecular flexibility index (Phi) is 2.72. The number of carbonyl (C=O) groups excluding carboxylic acids is 2. The molecule has 1 aromatic carbocycles. The van der Waals surface area contributed by atoms with Gasteiger partial charge in [0.1, 0.15) is 17.4 Å². The standard InChI is InChI=1S/C17H16N4O2/c1-9(22)17(2)11-7-13-14(8-12(11)21-16(17)23)20-15(19-13)10-3-5-18-6-4-10/h3-8,15,19-20H,1-2H3,(H,21,23). The maximum Gasteiger partial charge on any atom is 0.242 e. The fourth-order valence-electron chi connectivity index (χ4n) is 3.14. The van der Waals surface area contributed by atoms with Gasteiger partial charge in [0.2, 0.25) is 5.91 Å². The quantitative estimate of drug-likeness (QED) is 0.742. The number of carbonyl (C=O) groups is 2. The third-order valence-electron chi connectivity index (χ3n) is 4.74. The Morgan fingerprint density at radius 3 is 2.43 bits per heavy atom. The molecule has 3 heterocycles. The molecule has 1 aromatic heterocycles. The number of hydrogen-bond donors (Lipinski definition) is 3. The molecule has 2 atom stereocenters. The van der Waals surface area contributed by atoms with Crippen molar-refractivity contribution < 1.29 is 9.59 Å². The third-order valence-corrected chi connectivity index (χ3v) is 4.74. The van der Waals surface area contributed by atoms with Gasteiger partial charge < -0.3 is 16.0 Å². The second-order valence-corrected chi connectivity index (χ2v) is 6.08. The lowest BCUT2D eigenvalue weighted by Crippen LogP contribution is -2.37. The van der Waals surface area contributed by atoms with Crippen LogP contribution in [0.4, 0.5) is 17.1 Å². The van der Waals surface area contributed by atoms with Gasteiger partial charge in [-0.1, -0.05) is 0 Å². The Morgan fingerprint density at radius 2 is 1.78 bits per heavy atom. The zero-order valence-electron chi connectivity index (χ0n) is 12.8. The summed E-state index contributed by atoms with van der Waals surface area (Å²) in [6.45, 7) is 3.12. The van der Waals surface area contributed by atoms with E-state index in [-0.39, 0.29) is 17.9 Å². The number of hydrogen-bond acceptors (Lipinski definition) is 5. The summed E-state index contributed by atoms with van der Waals surface area (Å²) in [6.07, 6.45) is 3.43. The minimum absolute atomic E-state index is 0.0604. The average Bonchev–Trinajstić information content (AvgIpc) is 3.06. The molecule has 3 N–H and O–H groups in total. The van der Waals surface area contributed by atoms with Gasteiger partial charge in [-0.25, -0.2) is 0 Å². The molecule has 23 heavy (non-hydrogen) atoms. The molecule has 2 unspecified atom stereocenters. The van der Waals surface area contributed by atoms with Crippen molar-refractivity contribution in [3.05, 3.63) is 47.8 Å². The van der Waals surface area contributed by atoms with Gasteiger partial charge in [-0.05, 0) is 43.7 Å². The van der Waals surface area contributed by atoms with Crippen molar-refractivity contribution in [1.82, 2.24) is 4.98 Å². The molecule has 4 rings (SSSR count). The Bertz CT molecular complexity index is 834. The van der Waals surface area contributed by atoms with Crippen molar-refractivity contribution >= 4 is 28.8 Å².